The number of nitrogens with one attached hydrogen (secondary N) is 1. The molecule has 18 heavy (non-hydrogen) atoms. The van der Waals surface area contributed by atoms with E-state index < -0.39 is 5.97 Å². The molecule has 4 nitrogen and oxygen atoms in total. The molecular formula is C12H12N2O2S2. The van der Waals surface area contributed by atoms with E-state index in [1.165, 1.54) is 4.90 Å². The third-order valence-corrected chi connectivity index (χ3v) is 4.00. The first kappa shape index (κ1) is 13.0. The molecule has 6 heteroatoms. The zero-order valence-corrected chi connectivity index (χ0v) is 11.6. The average Bonchev–Trinajstić information content (AvgIpc) is 2.87. The highest BCUT2D eigenvalue weighted by Crippen LogP contribution is 2.32. The van der Waals surface area contributed by atoms with Crippen LogP contribution in [0.15, 0.2) is 34.1 Å². The Morgan fingerprint density at radius 1 is 1.28 bits per heavy atom. The van der Waals surface area contributed by atoms with E-state index >= 15 is 0 Å². The van der Waals surface area contributed by atoms with Gasteiger partial charge < -0.3 is 5.11 Å². The molecule has 2 aromatic rings. The molecular weight excluding hydrogens is 268 g/mol. The van der Waals surface area contributed by atoms with Gasteiger partial charge in [0.05, 0.1) is 5.69 Å². The average molecular weight is 280 g/mol. The second-order valence-electron chi connectivity index (χ2n) is 3.54. The predicted molar refractivity (Wildman–Crippen MR) is 74.5 cm³/mol. The molecule has 2 N–H and O–H groups in total. The van der Waals surface area contributed by atoms with Gasteiger partial charge in [-0.15, -0.1) is 23.5 Å². The van der Waals surface area contributed by atoms with Crippen molar-refractivity contribution in [2.75, 3.05) is 12.5 Å². The summed E-state index contributed by atoms with van der Waals surface area (Å²) < 4.78 is 0. The van der Waals surface area contributed by atoms with Crippen molar-refractivity contribution < 1.29 is 9.90 Å². The summed E-state index contributed by atoms with van der Waals surface area (Å²) in [6.07, 6.45) is 4.02. The van der Waals surface area contributed by atoms with Gasteiger partial charge in [-0.25, -0.2) is 4.79 Å². The molecule has 94 valence electrons. The molecule has 0 amide bonds. The SMILES string of the molecule is CSc1ccc(-c2cc(C(=O)O)[nH]n2)c(SC)c1. The maximum Gasteiger partial charge on any atom is 0.353 e. The maximum atomic E-state index is 10.8. The van der Waals surface area contributed by atoms with E-state index in [2.05, 4.69) is 16.3 Å². The predicted octanol–water partition coefficient (Wildman–Crippen LogP) is 3.22. The van der Waals surface area contributed by atoms with Crippen LogP contribution in [0.25, 0.3) is 11.3 Å². The van der Waals surface area contributed by atoms with Gasteiger partial charge in [0, 0.05) is 15.4 Å². The molecule has 0 atom stereocenters. The van der Waals surface area contributed by atoms with Crippen LogP contribution < -0.4 is 0 Å². The summed E-state index contributed by atoms with van der Waals surface area (Å²) in [6, 6.07) is 7.62. The van der Waals surface area contributed by atoms with E-state index in [4.69, 9.17) is 5.11 Å². The Labute approximate surface area is 113 Å². The van der Waals surface area contributed by atoms with Crippen LogP contribution in [-0.2, 0) is 0 Å². The van der Waals surface area contributed by atoms with Crippen molar-refractivity contribution in [3.05, 3.63) is 30.0 Å². The highest BCUT2D eigenvalue weighted by molar-refractivity contribution is 7.99. The summed E-state index contributed by atoms with van der Waals surface area (Å²) in [5.74, 6) is -1.000. The molecule has 1 aromatic carbocycles. The first-order valence-electron chi connectivity index (χ1n) is 5.17. The van der Waals surface area contributed by atoms with Gasteiger partial charge in [-0.05, 0) is 30.7 Å². The Morgan fingerprint density at radius 3 is 2.61 bits per heavy atom. The Kier molecular flexibility index (Phi) is 3.98. The fourth-order valence-corrected chi connectivity index (χ4v) is 2.73. The molecule has 1 aromatic heterocycles. The summed E-state index contributed by atoms with van der Waals surface area (Å²) in [5.41, 5.74) is 1.71. The fraction of sp³-hybridized carbons (Fsp3) is 0.167. The minimum absolute atomic E-state index is 0.103. The number of carboxylic acids is 1. The van der Waals surface area contributed by atoms with Crippen molar-refractivity contribution in [2.24, 2.45) is 0 Å². The number of thioether (sulfide) groups is 2. The van der Waals surface area contributed by atoms with Gasteiger partial charge in [0.15, 0.2) is 0 Å². The number of aromatic nitrogens is 2. The Balaban J connectivity index is 2.45. The standard InChI is InChI=1S/C12H12N2O2S2/c1-17-7-3-4-8(11(5-7)18-2)9-6-10(12(15)16)14-13-9/h3-6H,1-2H3,(H,13,14)(H,15,16). The summed E-state index contributed by atoms with van der Waals surface area (Å²) in [6.45, 7) is 0. The third-order valence-electron chi connectivity index (χ3n) is 2.49. The van der Waals surface area contributed by atoms with Crippen LogP contribution in [0.2, 0.25) is 0 Å². The minimum Gasteiger partial charge on any atom is -0.477 e. The van der Waals surface area contributed by atoms with Crippen molar-refractivity contribution in [2.45, 2.75) is 9.79 Å². The fourth-order valence-electron chi connectivity index (χ4n) is 1.58. The normalized spacial score (nSPS) is 10.6. The molecule has 0 aliphatic heterocycles. The van der Waals surface area contributed by atoms with Gasteiger partial charge >= 0.3 is 5.97 Å². The van der Waals surface area contributed by atoms with Crippen molar-refractivity contribution in [1.82, 2.24) is 10.2 Å². The molecule has 1 heterocycles. The molecule has 0 saturated heterocycles. The van der Waals surface area contributed by atoms with E-state index in [0.717, 1.165) is 10.5 Å². The lowest BCUT2D eigenvalue weighted by Crippen LogP contribution is -1.95. The van der Waals surface area contributed by atoms with E-state index in [1.807, 2.05) is 24.6 Å². The van der Waals surface area contributed by atoms with Crippen molar-refractivity contribution in [3.8, 4) is 11.3 Å². The number of rotatable bonds is 4. The molecule has 0 fully saturated rings. The summed E-state index contributed by atoms with van der Waals surface area (Å²) >= 11 is 3.30. The Bertz CT molecular complexity index is 581. The number of benzene rings is 1. The van der Waals surface area contributed by atoms with Gasteiger partial charge in [0.25, 0.3) is 0 Å². The van der Waals surface area contributed by atoms with E-state index in [1.54, 1.807) is 29.6 Å². The number of carbonyl (C=O) groups is 1. The van der Waals surface area contributed by atoms with Crippen LogP contribution in [0, 0.1) is 0 Å². The second-order valence-corrected chi connectivity index (χ2v) is 5.27. The summed E-state index contributed by atoms with van der Waals surface area (Å²) in [5, 5.41) is 15.4. The van der Waals surface area contributed by atoms with Gasteiger partial charge in [0.1, 0.15) is 5.69 Å². The van der Waals surface area contributed by atoms with Crippen molar-refractivity contribution in [1.29, 1.82) is 0 Å². The first-order valence-corrected chi connectivity index (χ1v) is 7.61. The summed E-state index contributed by atoms with van der Waals surface area (Å²) in [7, 11) is 0. The zero-order valence-electron chi connectivity index (χ0n) is 9.93. The number of aromatic amines is 1. The third kappa shape index (κ3) is 2.54. The van der Waals surface area contributed by atoms with Crippen LogP contribution >= 0.6 is 23.5 Å². The highest BCUT2D eigenvalue weighted by atomic mass is 32.2. The smallest absolute Gasteiger partial charge is 0.353 e. The minimum atomic E-state index is -1.000. The molecule has 0 bridgehead atoms. The Hall–Kier alpha value is -1.40. The van der Waals surface area contributed by atoms with Crippen LogP contribution in [0.1, 0.15) is 10.5 Å². The van der Waals surface area contributed by atoms with Crippen LogP contribution in [0.5, 0.6) is 0 Å². The number of H-pyrrole nitrogens is 1. The number of hydrogen-bond donors (Lipinski definition) is 2. The number of carboxylic acid groups (broad SMARTS) is 1. The quantitative estimate of drug-likeness (QED) is 0.842. The van der Waals surface area contributed by atoms with Gasteiger partial charge in [-0.3, -0.25) is 5.10 Å². The van der Waals surface area contributed by atoms with Gasteiger partial charge in [-0.1, -0.05) is 6.07 Å². The second kappa shape index (κ2) is 5.49. The van der Waals surface area contributed by atoms with Crippen LogP contribution in [-0.4, -0.2) is 33.8 Å². The topological polar surface area (TPSA) is 66.0 Å². The molecule has 0 spiro atoms. The van der Waals surface area contributed by atoms with Crippen molar-refractivity contribution in [3.63, 3.8) is 0 Å². The van der Waals surface area contributed by atoms with Crippen LogP contribution in [0.3, 0.4) is 0 Å². The molecule has 0 radical (unpaired) electrons. The molecule has 2 rings (SSSR count). The molecule has 0 aliphatic carbocycles. The zero-order chi connectivity index (χ0) is 13.1. The maximum absolute atomic E-state index is 10.8. The lowest BCUT2D eigenvalue weighted by atomic mass is 10.1. The van der Waals surface area contributed by atoms with Crippen LogP contribution in [0.4, 0.5) is 0 Å². The highest BCUT2D eigenvalue weighted by Gasteiger charge is 2.12. The first-order chi connectivity index (χ1) is 8.65. The monoisotopic (exact) mass is 280 g/mol. The van der Waals surface area contributed by atoms with E-state index in [9.17, 15) is 4.79 Å². The lowest BCUT2D eigenvalue weighted by Gasteiger charge is -2.06. The Morgan fingerprint density at radius 2 is 2.06 bits per heavy atom. The van der Waals surface area contributed by atoms with E-state index in [-0.39, 0.29) is 5.69 Å². The van der Waals surface area contributed by atoms with Crippen molar-refractivity contribution >= 4 is 29.5 Å². The summed E-state index contributed by atoms with van der Waals surface area (Å²) in [4.78, 5) is 13.1. The number of hydrogen-bond acceptors (Lipinski definition) is 4. The molecule has 0 unspecified atom stereocenters. The molecule has 0 aliphatic rings. The number of aromatic carboxylic acids is 1. The lowest BCUT2D eigenvalue weighted by molar-refractivity contribution is 0.0690. The molecule has 0 saturated carbocycles. The van der Waals surface area contributed by atoms with Gasteiger partial charge in [-0.2, -0.15) is 5.10 Å². The van der Waals surface area contributed by atoms with Gasteiger partial charge in [0.2, 0.25) is 0 Å². The largest absolute Gasteiger partial charge is 0.477 e. The number of nitrogens with zero attached hydrogens (tertiary/aromatic N) is 1. The van der Waals surface area contributed by atoms with E-state index in [0.29, 0.717) is 5.69 Å².